The fraction of sp³-hybridized carbons (Fsp3) is 0.538. The van der Waals surface area contributed by atoms with Gasteiger partial charge in [0.25, 0.3) is 0 Å². The summed E-state index contributed by atoms with van der Waals surface area (Å²) in [6, 6.07) is 3.55. The van der Waals surface area contributed by atoms with Crippen LogP contribution in [0, 0.1) is 0 Å². The molecule has 0 aliphatic heterocycles. The fourth-order valence-corrected chi connectivity index (χ4v) is 1.71. The van der Waals surface area contributed by atoms with E-state index in [0.29, 0.717) is 12.1 Å². The molecule has 1 atom stereocenters. The molecular weight excluding hydrogens is 301 g/mol. The molecule has 1 aromatic rings. The summed E-state index contributed by atoms with van der Waals surface area (Å²) in [6.45, 7) is 6.57. The first-order valence-corrected chi connectivity index (χ1v) is 6.71. The lowest BCUT2D eigenvalue weighted by atomic mass is 10.3. The maximum absolute atomic E-state index is 9.77. The number of hydrogen-bond acceptors (Lipinski definition) is 5. The van der Waals surface area contributed by atoms with E-state index in [1.165, 1.54) is 0 Å². The molecule has 114 valence electrons. The third-order valence-electron chi connectivity index (χ3n) is 2.67. The standard InChI is InChI=1S/C13H20ClN3O2.ClH/c1-3-17(4-2)9-12(18)10-19-16-13(14)11-6-5-7-15-8-11;/h5-8,12,18H,3-4,9-10H2,1-2H3;1H. The van der Waals surface area contributed by atoms with Gasteiger partial charge in [0.15, 0.2) is 5.17 Å². The van der Waals surface area contributed by atoms with Gasteiger partial charge in [0, 0.05) is 24.5 Å². The van der Waals surface area contributed by atoms with Gasteiger partial charge in [-0.3, -0.25) is 4.98 Å². The molecule has 1 heterocycles. The molecule has 0 radical (unpaired) electrons. The summed E-state index contributed by atoms with van der Waals surface area (Å²) in [5.74, 6) is 0. The van der Waals surface area contributed by atoms with Crippen LogP contribution in [-0.2, 0) is 4.84 Å². The number of aliphatic hydroxyl groups is 1. The highest BCUT2D eigenvalue weighted by Crippen LogP contribution is 2.03. The minimum absolute atomic E-state index is 0. The summed E-state index contributed by atoms with van der Waals surface area (Å²) in [6.07, 6.45) is 2.67. The van der Waals surface area contributed by atoms with Crippen molar-refractivity contribution in [2.45, 2.75) is 20.0 Å². The van der Waals surface area contributed by atoms with Crippen LogP contribution in [0.15, 0.2) is 29.7 Å². The van der Waals surface area contributed by atoms with Gasteiger partial charge >= 0.3 is 0 Å². The van der Waals surface area contributed by atoms with E-state index in [2.05, 4.69) is 28.9 Å². The number of likely N-dealkylation sites (N-methyl/N-ethyl adjacent to an activating group) is 1. The van der Waals surface area contributed by atoms with Gasteiger partial charge in [-0.15, -0.1) is 12.4 Å². The summed E-state index contributed by atoms with van der Waals surface area (Å²) in [7, 11) is 0. The van der Waals surface area contributed by atoms with E-state index in [1.807, 2.05) is 0 Å². The molecule has 5 nitrogen and oxygen atoms in total. The molecule has 0 aliphatic carbocycles. The predicted octanol–water partition coefficient (Wildman–Crippen LogP) is 2.12. The van der Waals surface area contributed by atoms with Gasteiger partial charge in [-0.05, 0) is 25.2 Å². The number of aromatic nitrogens is 1. The van der Waals surface area contributed by atoms with Crippen molar-refractivity contribution in [2.75, 3.05) is 26.2 Å². The van der Waals surface area contributed by atoms with Crippen LogP contribution in [0.5, 0.6) is 0 Å². The van der Waals surface area contributed by atoms with E-state index >= 15 is 0 Å². The van der Waals surface area contributed by atoms with Crippen LogP contribution in [-0.4, -0.2) is 52.5 Å². The van der Waals surface area contributed by atoms with Crippen molar-refractivity contribution in [3.05, 3.63) is 30.1 Å². The summed E-state index contributed by atoms with van der Waals surface area (Å²) < 4.78 is 0. The Morgan fingerprint density at radius 1 is 1.50 bits per heavy atom. The van der Waals surface area contributed by atoms with Gasteiger partial charge in [-0.2, -0.15) is 0 Å². The van der Waals surface area contributed by atoms with Gasteiger partial charge in [0.1, 0.15) is 12.7 Å². The van der Waals surface area contributed by atoms with E-state index in [9.17, 15) is 5.11 Å². The van der Waals surface area contributed by atoms with Crippen LogP contribution < -0.4 is 0 Å². The van der Waals surface area contributed by atoms with E-state index in [0.717, 1.165) is 13.1 Å². The van der Waals surface area contributed by atoms with Crippen molar-refractivity contribution in [2.24, 2.45) is 5.16 Å². The Hall–Kier alpha value is -0.880. The Labute approximate surface area is 131 Å². The zero-order valence-corrected chi connectivity index (χ0v) is 13.3. The number of aliphatic hydroxyl groups excluding tert-OH is 1. The molecular formula is C13H21Cl2N3O2. The van der Waals surface area contributed by atoms with Gasteiger partial charge in [-0.1, -0.05) is 30.6 Å². The number of nitrogens with zero attached hydrogens (tertiary/aromatic N) is 3. The highest BCUT2D eigenvalue weighted by Gasteiger charge is 2.09. The van der Waals surface area contributed by atoms with Gasteiger partial charge < -0.3 is 14.8 Å². The molecule has 1 unspecified atom stereocenters. The zero-order chi connectivity index (χ0) is 14.1. The van der Waals surface area contributed by atoms with E-state index in [-0.39, 0.29) is 24.2 Å². The number of pyridine rings is 1. The smallest absolute Gasteiger partial charge is 0.177 e. The van der Waals surface area contributed by atoms with E-state index in [1.54, 1.807) is 24.5 Å². The molecule has 0 saturated carbocycles. The second kappa shape index (κ2) is 10.9. The van der Waals surface area contributed by atoms with E-state index in [4.69, 9.17) is 16.4 Å². The molecule has 1 aromatic heterocycles. The van der Waals surface area contributed by atoms with Crippen molar-refractivity contribution >= 4 is 29.2 Å². The Balaban J connectivity index is 0.00000361. The highest BCUT2D eigenvalue weighted by molar-refractivity contribution is 6.69. The first kappa shape index (κ1) is 19.1. The molecule has 20 heavy (non-hydrogen) atoms. The first-order valence-electron chi connectivity index (χ1n) is 6.33. The zero-order valence-electron chi connectivity index (χ0n) is 11.7. The topological polar surface area (TPSA) is 58.0 Å². The highest BCUT2D eigenvalue weighted by atomic mass is 35.5. The molecule has 0 fully saturated rings. The average Bonchev–Trinajstić information content (AvgIpc) is 2.45. The lowest BCUT2D eigenvalue weighted by molar-refractivity contribution is 0.0211. The second-order valence-corrected chi connectivity index (χ2v) is 4.42. The van der Waals surface area contributed by atoms with Crippen molar-refractivity contribution in [1.29, 1.82) is 0 Å². The van der Waals surface area contributed by atoms with Crippen LogP contribution in [0.25, 0.3) is 0 Å². The molecule has 0 amide bonds. The predicted molar refractivity (Wildman–Crippen MR) is 83.6 cm³/mol. The van der Waals surface area contributed by atoms with E-state index < -0.39 is 6.10 Å². The third kappa shape index (κ3) is 7.05. The Kier molecular flexibility index (Phi) is 10.4. The third-order valence-corrected chi connectivity index (χ3v) is 2.96. The van der Waals surface area contributed by atoms with Gasteiger partial charge in [0.2, 0.25) is 0 Å². The van der Waals surface area contributed by atoms with Crippen LogP contribution in [0.4, 0.5) is 0 Å². The summed E-state index contributed by atoms with van der Waals surface area (Å²) in [5.41, 5.74) is 0.683. The monoisotopic (exact) mass is 321 g/mol. The van der Waals surface area contributed by atoms with Crippen molar-refractivity contribution in [3.63, 3.8) is 0 Å². The Bertz CT molecular complexity index is 386. The summed E-state index contributed by atoms with van der Waals surface area (Å²) in [4.78, 5) is 11.1. The molecule has 1 N–H and O–H groups in total. The molecule has 0 aliphatic rings. The number of oxime groups is 1. The minimum atomic E-state index is -0.581. The van der Waals surface area contributed by atoms with Gasteiger partial charge in [0.05, 0.1) is 0 Å². The first-order chi connectivity index (χ1) is 9.17. The number of rotatable bonds is 8. The maximum atomic E-state index is 9.77. The number of hydrogen-bond donors (Lipinski definition) is 1. The summed E-state index contributed by atoms with van der Waals surface area (Å²) >= 11 is 5.94. The molecule has 0 saturated heterocycles. The Morgan fingerprint density at radius 2 is 2.20 bits per heavy atom. The van der Waals surface area contributed by atoms with Crippen molar-refractivity contribution in [3.8, 4) is 0 Å². The molecule has 7 heteroatoms. The molecule has 0 spiro atoms. The maximum Gasteiger partial charge on any atom is 0.177 e. The Morgan fingerprint density at radius 3 is 2.75 bits per heavy atom. The van der Waals surface area contributed by atoms with Crippen LogP contribution in [0.3, 0.4) is 0 Å². The lowest BCUT2D eigenvalue weighted by Gasteiger charge is -2.20. The molecule has 1 rings (SSSR count). The molecule has 0 bridgehead atoms. The quantitative estimate of drug-likeness (QED) is 0.588. The number of halogens is 2. The normalized spacial score (nSPS) is 12.9. The molecule has 0 aromatic carbocycles. The fourth-order valence-electron chi connectivity index (χ4n) is 1.55. The van der Waals surface area contributed by atoms with Crippen LogP contribution in [0.1, 0.15) is 19.4 Å². The summed E-state index contributed by atoms with van der Waals surface area (Å²) in [5, 5.41) is 13.8. The van der Waals surface area contributed by atoms with Crippen LogP contribution in [0.2, 0.25) is 0 Å². The van der Waals surface area contributed by atoms with Crippen molar-refractivity contribution in [1.82, 2.24) is 9.88 Å². The largest absolute Gasteiger partial charge is 0.392 e. The minimum Gasteiger partial charge on any atom is -0.392 e. The SMILES string of the molecule is CCN(CC)CC(O)CON=C(Cl)c1cccnc1.Cl. The van der Waals surface area contributed by atoms with Crippen molar-refractivity contribution < 1.29 is 9.94 Å². The van der Waals surface area contributed by atoms with Crippen LogP contribution >= 0.6 is 24.0 Å². The average molecular weight is 322 g/mol. The lowest BCUT2D eigenvalue weighted by Crippen LogP contribution is -2.34. The second-order valence-electron chi connectivity index (χ2n) is 4.06. The van der Waals surface area contributed by atoms with Gasteiger partial charge in [-0.25, -0.2) is 0 Å².